The molecule has 0 unspecified atom stereocenters. The lowest BCUT2D eigenvalue weighted by Crippen LogP contribution is -2.32. The topological polar surface area (TPSA) is 58.5 Å². The Bertz CT molecular complexity index is 409. The highest BCUT2D eigenvalue weighted by Gasteiger charge is 2.26. The Morgan fingerprint density at radius 1 is 1.39 bits per heavy atom. The van der Waals surface area contributed by atoms with Gasteiger partial charge in [0.2, 0.25) is 0 Å². The summed E-state index contributed by atoms with van der Waals surface area (Å²) in [6.07, 6.45) is 4.15. The smallest absolute Gasteiger partial charge is 0.132 e. The number of hydrogen-bond acceptors (Lipinski definition) is 5. The van der Waals surface area contributed by atoms with Crippen LogP contribution in [0.3, 0.4) is 0 Å². The summed E-state index contributed by atoms with van der Waals surface area (Å²) in [7, 11) is 0. The number of ether oxygens (including phenoxy) is 1. The maximum atomic E-state index is 9.29. The van der Waals surface area contributed by atoms with Crippen molar-refractivity contribution < 1.29 is 9.84 Å². The van der Waals surface area contributed by atoms with Crippen molar-refractivity contribution in [1.29, 1.82) is 0 Å². The summed E-state index contributed by atoms with van der Waals surface area (Å²) in [6.45, 7) is 3.12. The molecule has 0 spiro atoms. The van der Waals surface area contributed by atoms with E-state index in [-0.39, 0.29) is 12.5 Å². The van der Waals surface area contributed by atoms with Crippen LogP contribution >= 0.6 is 0 Å². The van der Waals surface area contributed by atoms with Crippen LogP contribution < -0.4 is 4.90 Å². The number of aliphatic hydroxyl groups is 1. The van der Waals surface area contributed by atoms with E-state index in [0.29, 0.717) is 19.1 Å². The summed E-state index contributed by atoms with van der Waals surface area (Å²) in [6, 6.07) is 2.09. The lowest BCUT2D eigenvalue weighted by molar-refractivity contribution is 0.0959. The van der Waals surface area contributed by atoms with Crippen molar-refractivity contribution >= 4 is 5.82 Å². The summed E-state index contributed by atoms with van der Waals surface area (Å²) < 4.78 is 5.49. The normalized spacial score (nSPS) is 24.9. The molecule has 2 aliphatic rings. The van der Waals surface area contributed by atoms with E-state index in [0.717, 1.165) is 24.6 Å². The molecule has 5 heteroatoms. The van der Waals surface area contributed by atoms with Crippen LogP contribution in [-0.2, 0) is 4.74 Å². The molecule has 98 valence electrons. The first-order valence-corrected chi connectivity index (χ1v) is 6.62. The minimum absolute atomic E-state index is 0.164. The molecule has 2 heterocycles. The zero-order valence-corrected chi connectivity index (χ0v) is 10.5. The first kappa shape index (κ1) is 11.9. The molecule has 2 fully saturated rings. The summed E-state index contributed by atoms with van der Waals surface area (Å²) in [4.78, 5) is 10.9. The maximum Gasteiger partial charge on any atom is 0.132 e. The van der Waals surface area contributed by atoms with Crippen LogP contribution in [0.15, 0.2) is 12.4 Å². The number of aromatic nitrogens is 2. The molecule has 1 aromatic rings. The SMILES string of the molecule is OC[C@@H]1COCCN(c2cc(C3CC3)ncn2)C1. The second kappa shape index (κ2) is 5.20. The van der Waals surface area contributed by atoms with Gasteiger partial charge in [0.25, 0.3) is 0 Å². The van der Waals surface area contributed by atoms with Crippen LogP contribution in [0.4, 0.5) is 5.82 Å². The molecule has 0 aromatic carbocycles. The van der Waals surface area contributed by atoms with Gasteiger partial charge in [0, 0.05) is 43.3 Å². The molecule has 1 aromatic heterocycles. The number of aliphatic hydroxyl groups excluding tert-OH is 1. The standard InChI is InChI=1S/C13H19N3O2/c17-7-10-6-16(3-4-18-8-10)13-5-12(11-1-2-11)14-9-15-13/h5,9-11,17H,1-4,6-8H2/t10-/m1/s1. The highest BCUT2D eigenvalue weighted by Crippen LogP contribution is 2.39. The molecule has 0 bridgehead atoms. The van der Waals surface area contributed by atoms with Crippen molar-refractivity contribution in [3.05, 3.63) is 18.1 Å². The van der Waals surface area contributed by atoms with Gasteiger partial charge in [0.1, 0.15) is 12.1 Å². The molecule has 0 amide bonds. The van der Waals surface area contributed by atoms with Gasteiger partial charge >= 0.3 is 0 Å². The van der Waals surface area contributed by atoms with E-state index in [4.69, 9.17) is 4.74 Å². The predicted octanol–water partition coefficient (Wildman–Crippen LogP) is 0.799. The molecule has 18 heavy (non-hydrogen) atoms. The monoisotopic (exact) mass is 249 g/mol. The molecule has 1 saturated heterocycles. The molecule has 5 nitrogen and oxygen atoms in total. The molecule has 1 N–H and O–H groups in total. The fourth-order valence-electron chi connectivity index (χ4n) is 2.34. The van der Waals surface area contributed by atoms with E-state index in [1.165, 1.54) is 12.8 Å². The Balaban J connectivity index is 1.77. The first-order chi connectivity index (χ1) is 8.86. The number of hydrogen-bond donors (Lipinski definition) is 1. The van der Waals surface area contributed by atoms with E-state index < -0.39 is 0 Å². The van der Waals surface area contributed by atoms with Crippen LogP contribution in [0, 0.1) is 5.92 Å². The van der Waals surface area contributed by atoms with E-state index in [1.807, 2.05) is 0 Å². The van der Waals surface area contributed by atoms with E-state index in [9.17, 15) is 5.11 Å². The summed E-state index contributed by atoms with van der Waals surface area (Å²) in [5, 5.41) is 9.29. The third-order valence-corrected chi connectivity index (χ3v) is 3.59. The van der Waals surface area contributed by atoms with Crippen LogP contribution in [0.25, 0.3) is 0 Å². The fraction of sp³-hybridized carbons (Fsp3) is 0.692. The Morgan fingerprint density at radius 3 is 3.06 bits per heavy atom. The van der Waals surface area contributed by atoms with E-state index in [1.54, 1.807) is 6.33 Å². The van der Waals surface area contributed by atoms with E-state index in [2.05, 4.69) is 20.9 Å². The maximum absolute atomic E-state index is 9.29. The zero-order valence-electron chi connectivity index (χ0n) is 10.5. The van der Waals surface area contributed by atoms with Crippen LogP contribution in [0.2, 0.25) is 0 Å². The first-order valence-electron chi connectivity index (χ1n) is 6.62. The highest BCUT2D eigenvalue weighted by atomic mass is 16.5. The largest absolute Gasteiger partial charge is 0.396 e. The number of anilines is 1. The Labute approximate surface area is 107 Å². The lowest BCUT2D eigenvalue weighted by Gasteiger charge is -2.23. The molecule has 1 aliphatic carbocycles. The average Bonchev–Trinajstić information content (AvgIpc) is 3.25. The molecular weight excluding hydrogens is 230 g/mol. The summed E-state index contributed by atoms with van der Waals surface area (Å²) in [5.74, 6) is 1.78. The van der Waals surface area contributed by atoms with Crippen LogP contribution in [0.5, 0.6) is 0 Å². The van der Waals surface area contributed by atoms with Crippen LogP contribution in [0.1, 0.15) is 24.5 Å². The third-order valence-electron chi connectivity index (χ3n) is 3.59. The third kappa shape index (κ3) is 2.62. The van der Waals surface area contributed by atoms with Crippen molar-refractivity contribution in [3.63, 3.8) is 0 Å². The number of nitrogens with zero attached hydrogens (tertiary/aromatic N) is 3. The zero-order chi connectivity index (χ0) is 12.4. The van der Waals surface area contributed by atoms with Gasteiger partial charge in [-0.1, -0.05) is 0 Å². The minimum atomic E-state index is 0.164. The van der Waals surface area contributed by atoms with Gasteiger partial charge in [-0.25, -0.2) is 9.97 Å². The van der Waals surface area contributed by atoms with Gasteiger partial charge < -0.3 is 14.7 Å². The summed E-state index contributed by atoms with van der Waals surface area (Å²) in [5.41, 5.74) is 1.16. The molecule has 3 rings (SSSR count). The van der Waals surface area contributed by atoms with Crippen molar-refractivity contribution in [2.45, 2.75) is 18.8 Å². The highest BCUT2D eigenvalue weighted by molar-refractivity contribution is 5.40. The van der Waals surface area contributed by atoms with Crippen molar-refractivity contribution in [2.24, 2.45) is 5.92 Å². The van der Waals surface area contributed by atoms with Crippen molar-refractivity contribution in [2.75, 3.05) is 37.8 Å². The molecule has 1 aliphatic heterocycles. The van der Waals surface area contributed by atoms with Crippen LogP contribution in [-0.4, -0.2) is 48.0 Å². The molecule has 1 saturated carbocycles. The quantitative estimate of drug-likeness (QED) is 0.858. The summed E-state index contributed by atoms with van der Waals surface area (Å²) >= 11 is 0. The van der Waals surface area contributed by atoms with Gasteiger partial charge in [0.05, 0.1) is 13.2 Å². The van der Waals surface area contributed by atoms with Gasteiger partial charge in [-0.15, -0.1) is 0 Å². The number of rotatable bonds is 3. The Hall–Kier alpha value is -1.20. The Kier molecular flexibility index (Phi) is 3.43. The van der Waals surface area contributed by atoms with Gasteiger partial charge in [-0.3, -0.25) is 0 Å². The van der Waals surface area contributed by atoms with Crippen molar-refractivity contribution in [1.82, 2.24) is 9.97 Å². The second-order valence-corrected chi connectivity index (χ2v) is 5.14. The average molecular weight is 249 g/mol. The predicted molar refractivity (Wildman–Crippen MR) is 67.6 cm³/mol. The molecular formula is C13H19N3O2. The van der Waals surface area contributed by atoms with Gasteiger partial charge in [0.15, 0.2) is 0 Å². The Morgan fingerprint density at radius 2 is 2.28 bits per heavy atom. The van der Waals surface area contributed by atoms with Gasteiger partial charge in [-0.05, 0) is 12.8 Å². The molecule has 0 radical (unpaired) electrons. The minimum Gasteiger partial charge on any atom is -0.396 e. The molecule has 1 atom stereocenters. The van der Waals surface area contributed by atoms with Gasteiger partial charge in [-0.2, -0.15) is 0 Å². The second-order valence-electron chi connectivity index (χ2n) is 5.14. The van der Waals surface area contributed by atoms with E-state index >= 15 is 0 Å². The van der Waals surface area contributed by atoms with Crippen molar-refractivity contribution in [3.8, 4) is 0 Å². The lowest BCUT2D eigenvalue weighted by atomic mass is 10.1. The fourth-order valence-corrected chi connectivity index (χ4v) is 2.34.